The highest BCUT2D eigenvalue weighted by Crippen LogP contribution is 2.32. The first-order valence-corrected chi connectivity index (χ1v) is 11.3. The molecule has 0 spiro atoms. The third-order valence-electron chi connectivity index (χ3n) is 5.57. The molecule has 35 heavy (non-hydrogen) atoms. The van der Waals surface area contributed by atoms with Gasteiger partial charge in [0.05, 0.1) is 23.6 Å². The number of aromatic amines is 1. The molecule has 182 valence electrons. The van der Waals surface area contributed by atoms with Crippen LogP contribution in [-0.2, 0) is 21.2 Å². The van der Waals surface area contributed by atoms with Gasteiger partial charge in [-0.25, -0.2) is 19.3 Å². The lowest BCUT2D eigenvalue weighted by Gasteiger charge is -2.10. The largest absolute Gasteiger partial charge is 0.483 e. The Hall–Kier alpha value is -3.95. The topological polar surface area (TPSA) is 102 Å². The molecule has 0 aliphatic heterocycles. The van der Waals surface area contributed by atoms with E-state index in [4.69, 9.17) is 19.5 Å². The Bertz CT molecular complexity index is 1350. The van der Waals surface area contributed by atoms with Gasteiger partial charge >= 0.3 is 0 Å². The van der Waals surface area contributed by atoms with Crippen molar-refractivity contribution in [2.75, 3.05) is 18.5 Å². The minimum Gasteiger partial charge on any atom is -0.483 e. The molecule has 0 saturated heterocycles. The van der Waals surface area contributed by atoms with Crippen molar-refractivity contribution >= 4 is 29.6 Å². The zero-order valence-corrected chi connectivity index (χ0v) is 20.3. The van der Waals surface area contributed by atoms with Gasteiger partial charge in [-0.05, 0) is 70.3 Å². The normalized spacial score (nSPS) is 11.1. The van der Waals surface area contributed by atoms with Crippen LogP contribution in [-0.4, -0.2) is 40.4 Å². The average molecular weight is 476 g/mol. The monoisotopic (exact) mass is 475 g/mol. The van der Waals surface area contributed by atoms with Crippen LogP contribution in [0.25, 0.3) is 17.0 Å². The van der Waals surface area contributed by atoms with Gasteiger partial charge in [0.25, 0.3) is 5.91 Å². The number of ether oxygens (including phenoxy) is 1. The van der Waals surface area contributed by atoms with Crippen molar-refractivity contribution in [1.29, 1.82) is 0 Å². The minimum atomic E-state index is -0.232. The van der Waals surface area contributed by atoms with Gasteiger partial charge in [0.1, 0.15) is 12.4 Å². The maximum atomic E-state index is 12.4. The minimum absolute atomic E-state index is 0.0685. The molecule has 2 aromatic carbocycles. The molecule has 2 aromatic heterocycles. The number of benzene rings is 2. The molecule has 4 aromatic rings. The van der Waals surface area contributed by atoms with Crippen molar-refractivity contribution in [3.05, 3.63) is 64.8 Å². The summed E-state index contributed by atoms with van der Waals surface area (Å²) in [5, 5.41) is 6.14. The molecule has 0 saturated carbocycles. The standard InChI is InChI=1S/C26H29N5O4/c1-6-34-35-14-21-24(27-5)18(4)31-26(21)29-25(30-31)19-8-10-20(11-9-19)28-23(32)15-33-22-12-7-16(2)13-17(22)3/h7-13H,5-6,14-15H2,1-4H3,(H,28,32)(H,29,30). The van der Waals surface area contributed by atoms with Gasteiger partial charge in [0.2, 0.25) is 0 Å². The van der Waals surface area contributed by atoms with Gasteiger partial charge in [-0.3, -0.25) is 14.9 Å². The molecule has 2 heterocycles. The summed E-state index contributed by atoms with van der Waals surface area (Å²) >= 11 is 0. The number of nitrogens with zero attached hydrogens (tertiary/aromatic N) is 3. The van der Waals surface area contributed by atoms with Crippen LogP contribution in [0.3, 0.4) is 0 Å². The van der Waals surface area contributed by atoms with E-state index in [-0.39, 0.29) is 19.1 Å². The summed E-state index contributed by atoms with van der Waals surface area (Å²) in [5.41, 5.74) is 6.76. The number of carbonyl (C=O) groups excluding carboxylic acids is 1. The predicted octanol–water partition coefficient (Wildman–Crippen LogP) is 5.07. The fourth-order valence-electron chi connectivity index (χ4n) is 3.88. The van der Waals surface area contributed by atoms with Gasteiger partial charge in [-0.1, -0.05) is 17.7 Å². The molecule has 0 bridgehead atoms. The van der Waals surface area contributed by atoms with Crippen LogP contribution >= 0.6 is 0 Å². The first-order valence-electron chi connectivity index (χ1n) is 11.3. The highest BCUT2D eigenvalue weighted by atomic mass is 17.2. The van der Waals surface area contributed by atoms with Gasteiger partial charge in [-0.2, -0.15) is 0 Å². The zero-order valence-electron chi connectivity index (χ0n) is 20.3. The molecule has 2 N–H and O–H groups in total. The fraction of sp³-hybridized carbons (Fsp3) is 0.269. The Morgan fingerprint density at radius 1 is 1.14 bits per heavy atom. The van der Waals surface area contributed by atoms with Crippen LogP contribution in [0.4, 0.5) is 11.4 Å². The van der Waals surface area contributed by atoms with E-state index < -0.39 is 0 Å². The number of carbonyl (C=O) groups is 1. The Labute approximate surface area is 203 Å². The number of aromatic nitrogens is 3. The number of hydrogen-bond donors (Lipinski definition) is 2. The van der Waals surface area contributed by atoms with Crippen LogP contribution in [0.5, 0.6) is 5.75 Å². The van der Waals surface area contributed by atoms with E-state index in [1.165, 1.54) is 0 Å². The summed E-state index contributed by atoms with van der Waals surface area (Å²) in [6.45, 7) is 12.0. The molecule has 9 heteroatoms. The highest BCUT2D eigenvalue weighted by molar-refractivity contribution is 5.92. The van der Waals surface area contributed by atoms with Crippen molar-refractivity contribution < 1.29 is 19.3 Å². The number of aliphatic imine (C=N–C) groups is 1. The smallest absolute Gasteiger partial charge is 0.262 e. The van der Waals surface area contributed by atoms with Gasteiger partial charge in [-0.15, -0.1) is 0 Å². The summed E-state index contributed by atoms with van der Waals surface area (Å²) in [6, 6.07) is 13.3. The number of rotatable bonds is 10. The number of aryl methyl sites for hydroxylation is 3. The van der Waals surface area contributed by atoms with Crippen LogP contribution in [0.2, 0.25) is 0 Å². The highest BCUT2D eigenvalue weighted by Gasteiger charge is 2.19. The van der Waals surface area contributed by atoms with Gasteiger partial charge < -0.3 is 10.1 Å². The van der Waals surface area contributed by atoms with Crippen LogP contribution in [0, 0.1) is 20.8 Å². The average Bonchev–Trinajstić information content (AvgIpc) is 3.38. The molecular weight excluding hydrogens is 446 g/mol. The summed E-state index contributed by atoms with van der Waals surface area (Å²) in [6.07, 6.45) is 0. The SMILES string of the molecule is C=Nc1c(COOCC)c2nc(-c3ccc(NC(=O)COc4ccc(C)cc4C)cc3)[nH]n2c1C. The summed E-state index contributed by atoms with van der Waals surface area (Å²) < 4.78 is 7.51. The first kappa shape index (κ1) is 24.2. The predicted molar refractivity (Wildman–Crippen MR) is 135 cm³/mol. The molecule has 0 unspecified atom stereocenters. The lowest BCUT2D eigenvalue weighted by Crippen LogP contribution is -2.20. The number of anilines is 1. The molecular formula is C26H29N5O4. The van der Waals surface area contributed by atoms with E-state index in [0.29, 0.717) is 29.5 Å². The number of hydrogen-bond acceptors (Lipinski definition) is 6. The molecule has 0 radical (unpaired) electrons. The second kappa shape index (κ2) is 10.5. The first-order chi connectivity index (χ1) is 16.9. The third kappa shape index (κ3) is 5.26. The van der Waals surface area contributed by atoms with E-state index in [1.807, 2.05) is 74.7 Å². The fourth-order valence-corrected chi connectivity index (χ4v) is 3.88. The van der Waals surface area contributed by atoms with Gasteiger partial charge in [0.15, 0.2) is 18.1 Å². The number of nitrogens with one attached hydrogen (secondary N) is 2. The quantitative estimate of drug-likeness (QED) is 0.144. The Balaban J connectivity index is 1.45. The van der Waals surface area contributed by atoms with E-state index in [9.17, 15) is 4.79 Å². The molecule has 0 atom stereocenters. The van der Waals surface area contributed by atoms with E-state index in [2.05, 4.69) is 22.1 Å². The molecule has 1 amide bonds. The number of amides is 1. The Morgan fingerprint density at radius 3 is 2.60 bits per heavy atom. The Morgan fingerprint density at radius 2 is 1.91 bits per heavy atom. The number of H-pyrrole nitrogens is 1. The third-order valence-corrected chi connectivity index (χ3v) is 5.57. The van der Waals surface area contributed by atoms with Crippen molar-refractivity contribution in [1.82, 2.24) is 14.6 Å². The number of fused-ring (bicyclic) bond motifs is 1. The molecule has 0 aliphatic carbocycles. The maximum Gasteiger partial charge on any atom is 0.262 e. The van der Waals surface area contributed by atoms with E-state index >= 15 is 0 Å². The molecule has 0 fully saturated rings. The second-order valence-corrected chi connectivity index (χ2v) is 8.15. The summed E-state index contributed by atoms with van der Waals surface area (Å²) in [7, 11) is 0. The van der Waals surface area contributed by atoms with Crippen LogP contribution in [0.15, 0.2) is 47.5 Å². The van der Waals surface area contributed by atoms with Crippen molar-refractivity contribution in [2.24, 2.45) is 4.99 Å². The van der Waals surface area contributed by atoms with Gasteiger partial charge in [0, 0.05) is 11.3 Å². The molecule has 4 rings (SSSR count). The van der Waals surface area contributed by atoms with Crippen molar-refractivity contribution in [3.63, 3.8) is 0 Å². The van der Waals surface area contributed by atoms with Crippen LogP contribution in [0.1, 0.15) is 29.3 Å². The Kier molecular flexibility index (Phi) is 7.28. The lowest BCUT2D eigenvalue weighted by atomic mass is 10.1. The maximum absolute atomic E-state index is 12.4. The van der Waals surface area contributed by atoms with Crippen molar-refractivity contribution in [2.45, 2.75) is 34.3 Å². The summed E-state index contributed by atoms with van der Waals surface area (Å²) in [5.74, 6) is 1.14. The zero-order chi connectivity index (χ0) is 24.9. The summed E-state index contributed by atoms with van der Waals surface area (Å²) in [4.78, 5) is 31.5. The molecule has 0 aliphatic rings. The van der Waals surface area contributed by atoms with Crippen LogP contribution < -0.4 is 10.1 Å². The van der Waals surface area contributed by atoms with Crippen molar-refractivity contribution in [3.8, 4) is 17.1 Å². The second-order valence-electron chi connectivity index (χ2n) is 8.15. The van der Waals surface area contributed by atoms with E-state index in [0.717, 1.165) is 33.6 Å². The van der Waals surface area contributed by atoms with E-state index in [1.54, 1.807) is 0 Å². The lowest BCUT2D eigenvalue weighted by molar-refractivity contribution is -0.300. The molecule has 9 nitrogen and oxygen atoms in total.